The van der Waals surface area contributed by atoms with Crippen molar-refractivity contribution >= 4 is 41.0 Å². The zero-order valence-corrected chi connectivity index (χ0v) is 42.9. The first-order valence-corrected chi connectivity index (χ1v) is 24.8. The summed E-state index contributed by atoms with van der Waals surface area (Å²) < 4.78 is 5.08. The van der Waals surface area contributed by atoms with E-state index in [0.29, 0.717) is 47.8 Å². The van der Waals surface area contributed by atoms with Crippen molar-refractivity contribution < 1.29 is 19.1 Å². The lowest BCUT2D eigenvalue weighted by Crippen LogP contribution is -2.56. The van der Waals surface area contributed by atoms with Gasteiger partial charge in [0.15, 0.2) is 0 Å². The molecule has 376 valence electrons. The van der Waals surface area contributed by atoms with E-state index in [1.807, 2.05) is 39.1 Å². The van der Waals surface area contributed by atoms with Gasteiger partial charge in [0.25, 0.3) is 0 Å². The first kappa shape index (κ1) is 53.9. The van der Waals surface area contributed by atoms with Crippen LogP contribution in [0.15, 0.2) is 55.5 Å². The predicted octanol–water partition coefficient (Wildman–Crippen LogP) is 7.30. The largest absolute Gasteiger partial charge is 0.377 e. The minimum atomic E-state index is 0.133. The van der Waals surface area contributed by atoms with E-state index < -0.39 is 0 Å². The highest BCUT2D eigenvalue weighted by Crippen LogP contribution is 2.22. The molecule has 0 atom stereocenters. The molecule has 3 amide bonds. The van der Waals surface area contributed by atoms with E-state index in [4.69, 9.17) is 4.74 Å². The van der Waals surface area contributed by atoms with Crippen molar-refractivity contribution in [1.29, 1.82) is 0 Å². The molecule has 4 fully saturated rings. The Morgan fingerprint density at radius 1 is 0.478 bits per heavy atom. The number of hydrogen-bond donors (Lipinski definition) is 4. The molecule has 4 aromatic heterocycles. The van der Waals surface area contributed by atoms with E-state index in [1.54, 1.807) is 39.8 Å². The number of hydrogen-bond acceptors (Lipinski definition) is 15. The normalized spacial score (nSPS) is 16.5. The Labute approximate surface area is 410 Å². The fourth-order valence-electron chi connectivity index (χ4n) is 7.85. The second-order valence-corrected chi connectivity index (χ2v) is 19.6. The van der Waals surface area contributed by atoms with Crippen LogP contribution in [-0.4, -0.2) is 144 Å². The van der Waals surface area contributed by atoms with Crippen LogP contribution >= 0.6 is 0 Å². The minimum Gasteiger partial charge on any atom is -0.377 e. The van der Waals surface area contributed by atoms with Gasteiger partial charge in [-0.1, -0.05) is 55.4 Å². The first-order valence-electron chi connectivity index (χ1n) is 24.8. The van der Waals surface area contributed by atoms with Gasteiger partial charge in [0.05, 0.1) is 25.3 Å². The Morgan fingerprint density at radius 2 is 0.841 bits per heavy atom. The number of nitrogens with one attached hydrogen (secondary N) is 4. The average Bonchev–Trinajstić information content (AvgIpc) is 3.30. The molecular formula is C51H78N14O4. The van der Waals surface area contributed by atoms with Crippen molar-refractivity contribution in [3.05, 3.63) is 78.2 Å². The molecule has 0 bridgehead atoms. The van der Waals surface area contributed by atoms with Crippen molar-refractivity contribution in [2.45, 2.75) is 150 Å². The number of ether oxygens (including phenoxy) is 1. The third-order valence-corrected chi connectivity index (χ3v) is 12.5. The van der Waals surface area contributed by atoms with Gasteiger partial charge in [-0.05, 0) is 67.1 Å². The highest BCUT2D eigenvalue weighted by Gasteiger charge is 2.29. The van der Waals surface area contributed by atoms with Crippen LogP contribution in [0, 0.1) is 0 Å². The molecule has 0 aromatic carbocycles. The van der Waals surface area contributed by atoms with Crippen LogP contribution < -0.4 is 21.3 Å². The van der Waals surface area contributed by atoms with Gasteiger partial charge in [0.2, 0.25) is 17.7 Å². The molecule has 0 saturated carbocycles. The summed E-state index contributed by atoms with van der Waals surface area (Å²) in [6.45, 7) is 28.4. The number of nitrogens with zero attached hydrogens (tertiary/aromatic N) is 10. The lowest BCUT2D eigenvalue weighted by atomic mass is 10.0. The molecule has 0 aliphatic carbocycles. The Kier molecular flexibility index (Phi) is 20.8. The number of anilines is 4. The molecular weight excluding hydrogens is 873 g/mol. The number of likely N-dealkylation sites (tertiary alicyclic amines) is 3. The summed E-state index contributed by atoms with van der Waals surface area (Å²) in [5.74, 6) is 5.83. The molecule has 69 heavy (non-hydrogen) atoms. The summed E-state index contributed by atoms with van der Waals surface area (Å²) >= 11 is 0. The number of aromatic nitrogens is 7. The van der Waals surface area contributed by atoms with Gasteiger partial charge < -0.3 is 40.7 Å². The molecule has 18 nitrogen and oxygen atoms in total. The molecule has 18 heteroatoms. The maximum atomic E-state index is 11.3. The standard InChI is InChI=1S/C15H23N3O.C14H22N4O.C12H18N4O.C10H15N3O/c1-11(2)13-4-7-16-15(10-13)17-14-5-8-18(9-6-14)12(3)19;1-10(2)13-8-14(16-9-15-13)17-12-4-6-18(7-5-12)11(3)19;1-8(2)11-4-12(14-7-13-11)15-10-5-16(6-10)9(3)17;1-7(2)9-3-10(12-6-11-9)13-8-4-14-5-8/h4,7,10-11,14H,5-6,8-9H2,1-3H3,(H,16,17);8-10,12H,4-7H2,1-3H3,(H,15,16,17);4,7-8,10H,5-6H2,1-3H3,(H,13,14,15);3,6-8H,4-5H2,1-2H3,(H,11,12,13). The van der Waals surface area contributed by atoms with Gasteiger partial charge in [0, 0.05) is 114 Å². The summed E-state index contributed by atoms with van der Waals surface area (Å²) in [5, 5.41) is 13.5. The molecule has 4 aromatic rings. The molecule has 4 N–H and O–H groups in total. The summed E-state index contributed by atoms with van der Waals surface area (Å²) in [7, 11) is 0. The zero-order chi connectivity index (χ0) is 50.0. The summed E-state index contributed by atoms with van der Waals surface area (Å²) in [4.78, 5) is 68.9. The molecule has 8 heterocycles. The summed E-state index contributed by atoms with van der Waals surface area (Å²) in [5.41, 5.74) is 4.46. The Bertz CT molecular complexity index is 2130. The van der Waals surface area contributed by atoms with Gasteiger partial charge in [-0.2, -0.15) is 0 Å². The number of piperidine rings is 2. The van der Waals surface area contributed by atoms with E-state index in [-0.39, 0.29) is 17.7 Å². The smallest absolute Gasteiger partial charge is 0.219 e. The third kappa shape index (κ3) is 17.8. The maximum absolute atomic E-state index is 11.3. The Morgan fingerprint density at radius 3 is 1.17 bits per heavy atom. The molecule has 8 rings (SSSR count). The molecule has 4 aliphatic rings. The van der Waals surface area contributed by atoms with Gasteiger partial charge in [-0.25, -0.2) is 34.9 Å². The van der Waals surface area contributed by atoms with Crippen LogP contribution in [0.3, 0.4) is 0 Å². The van der Waals surface area contributed by atoms with Gasteiger partial charge >= 0.3 is 0 Å². The highest BCUT2D eigenvalue weighted by molar-refractivity contribution is 5.74. The number of pyridine rings is 1. The first-order chi connectivity index (χ1) is 32.9. The predicted molar refractivity (Wildman–Crippen MR) is 272 cm³/mol. The fourth-order valence-corrected chi connectivity index (χ4v) is 7.85. The van der Waals surface area contributed by atoms with Crippen molar-refractivity contribution in [2.75, 3.05) is 73.7 Å². The van der Waals surface area contributed by atoms with Crippen molar-refractivity contribution in [3.8, 4) is 0 Å². The van der Waals surface area contributed by atoms with Crippen LogP contribution in [-0.2, 0) is 19.1 Å². The summed E-state index contributed by atoms with van der Waals surface area (Å²) in [6, 6.07) is 11.7. The van der Waals surface area contributed by atoms with Gasteiger partial charge in [-0.15, -0.1) is 0 Å². The molecule has 0 radical (unpaired) electrons. The van der Waals surface area contributed by atoms with Crippen LogP contribution in [0.5, 0.6) is 0 Å². The average molecular weight is 951 g/mol. The lowest BCUT2D eigenvalue weighted by Gasteiger charge is -2.39. The van der Waals surface area contributed by atoms with E-state index in [9.17, 15) is 14.4 Å². The fraction of sp³-hybridized carbons (Fsp3) is 0.608. The van der Waals surface area contributed by atoms with E-state index >= 15 is 0 Å². The number of carbonyl (C=O) groups excluding carboxylic acids is 3. The minimum absolute atomic E-state index is 0.133. The van der Waals surface area contributed by atoms with Crippen LogP contribution in [0.4, 0.5) is 23.3 Å². The second-order valence-electron chi connectivity index (χ2n) is 19.6. The number of carbonyl (C=O) groups is 3. The van der Waals surface area contributed by atoms with Crippen LogP contribution in [0.25, 0.3) is 0 Å². The quantitative estimate of drug-likeness (QED) is 0.110. The molecule has 4 saturated heterocycles. The van der Waals surface area contributed by atoms with Crippen molar-refractivity contribution in [2.24, 2.45) is 0 Å². The second kappa shape index (κ2) is 26.6. The topological polar surface area (TPSA) is 209 Å². The van der Waals surface area contributed by atoms with E-state index in [2.05, 4.69) is 124 Å². The van der Waals surface area contributed by atoms with E-state index in [0.717, 1.165) is 119 Å². The monoisotopic (exact) mass is 951 g/mol. The maximum Gasteiger partial charge on any atom is 0.219 e. The molecule has 0 unspecified atom stereocenters. The highest BCUT2D eigenvalue weighted by atomic mass is 16.5. The summed E-state index contributed by atoms with van der Waals surface area (Å²) in [6.07, 6.45) is 10.6. The van der Waals surface area contributed by atoms with Gasteiger partial charge in [-0.3, -0.25) is 14.4 Å². The Hall–Kier alpha value is -6.04. The zero-order valence-electron chi connectivity index (χ0n) is 42.9. The number of rotatable bonds is 12. The Balaban J connectivity index is 0.000000173. The third-order valence-electron chi connectivity index (χ3n) is 12.5. The van der Waals surface area contributed by atoms with Gasteiger partial charge in [0.1, 0.15) is 42.3 Å². The van der Waals surface area contributed by atoms with E-state index in [1.165, 1.54) is 5.56 Å². The van der Waals surface area contributed by atoms with Crippen LogP contribution in [0.2, 0.25) is 0 Å². The van der Waals surface area contributed by atoms with Crippen molar-refractivity contribution in [1.82, 2.24) is 49.6 Å². The van der Waals surface area contributed by atoms with Crippen LogP contribution in [0.1, 0.15) is 148 Å². The number of amides is 3. The lowest BCUT2D eigenvalue weighted by molar-refractivity contribution is -0.132. The molecule has 0 spiro atoms. The molecule has 4 aliphatic heterocycles. The van der Waals surface area contributed by atoms with Crippen molar-refractivity contribution in [3.63, 3.8) is 0 Å². The SMILES string of the molecule is CC(=O)N1CC(Nc2cc(C(C)C)ncn2)C1.CC(=O)N1CCC(Nc2cc(C(C)C)ccn2)CC1.CC(=O)N1CCC(Nc2cc(C(C)C)ncn2)CC1.CC(C)c1cc(NC2COC2)ncn1.